The molecule has 1 aromatic rings. The molecule has 3 nitrogen and oxygen atoms in total. The molecule has 1 atom stereocenters. The second kappa shape index (κ2) is 6.17. The van der Waals surface area contributed by atoms with Gasteiger partial charge in [-0.05, 0) is 37.8 Å². The molecule has 0 fully saturated rings. The van der Waals surface area contributed by atoms with Crippen LogP contribution in [0, 0.1) is 5.92 Å². The van der Waals surface area contributed by atoms with E-state index in [9.17, 15) is 8.42 Å². The minimum atomic E-state index is -3.36. The Kier molecular flexibility index (Phi) is 5.15. The fourth-order valence-electron chi connectivity index (χ4n) is 1.57. The SMILES string of the molecule is CC(C)CC[C@@H](C)NS(=O)(=O)c1ccccc1. The number of rotatable bonds is 6. The Morgan fingerprint density at radius 1 is 1.06 bits per heavy atom. The van der Waals surface area contributed by atoms with Crippen LogP contribution in [0.1, 0.15) is 33.6 Å². The summed E-state index contributed by atoms with van der Waals surface area (Å²) < 4.78 is 26.7. The summed E-state index contributed by atoms with van der Waals surface area (Å²) in [7, 11) is -3.36. The van der Waals surface area contributed by atoms with Gasteiger partial charge in [0.1, 0.15) is 0 Å². The molecule has 0 bridgehead atoms. The van der Waals surface area contributed by atoms with Gasteiger partial charge in [0.25, 0.3) is 0 Å². The molecule has 0 saturated heterocycles. The molecule has 1 aromatic carbocycles. The van der Waals surface area contributed by atoms with E-state index in [2.05, 4.69) is 18.6 Å². The zero-order chi connectivity index (χ0) is 12.9. The first-order valence-corrected chi connectivity index (χ1v) is 7.47. The average Bonchev–Trinajstić information content (AvgIpc) is 2.27. The Bertz CT molecular complexity index is 426. The minimum Gasteiger partial charge on any atom is -0.208 e. The normalized spacial score (nSPS) is 13.9. The van der Waals surface area contributed by atoms with E-state index in [4.69, 9.17) is 0 Å². The molecule has 0 aliphatic carbocycles. The topological polar surface area (TPSA) is 46.2 Å². The molecule has 0 unspecified atom stereocenters. The molecular weight excluding hydrogens is 234 g/mol. The maximum Gasteiger partial charge on any atom is 0.240 e. The van der Waals surface area contributed by atoms with E-state index in [1.807, 2.05) is 6.92 Å². The third kappa shape index (κ3) is 4.88. The van der Waals surface area contributed by atoms with Crippen molar-refractivity contribution in [1.82, 2.24) is 4.72 Å². The minimum absolute atomic E-state index is 0.0254. The fourth-order valence-corrected chi connectivity index (χ4v) is 2.87. The van der Waals surface area contributed by atoms with Crippen LogP contribution in [0.5, 0.6) is 0 Å². The summed E-state index contributed by atoms with van der Waals surface area (Å²) in [5, 5.41) is 0. The van der Waals surface area contributed by atoms with Crippen LogP contribution in [0.25, 0.3) is 0 Å². The van der Waals surface area contributed by atoms with E-state index < -0.39 is 10.0 Å². The van der Waals surface area contributed by atoms with Gasteiger partial charge in [-0.3, -0.25) is 0 Å². The Hall–Kier alpha value is -0.870. The predicted octanol–water partition coefficient (Wildman–Crippen LogP) is 2.79. The summed E-state index contributed by atoms with van der Waals surface area (Å²) in [5.74, 6) is 0.596. The van der Waals surface area contributed by atoms with Gasteiger partial charge < -0.3 is 0 Å². The number of hydrogen-bond donors (Lipinski definition) is 1. The van der Waals surface area contributed by atoms with E-state index in [-0.39, 0.29) is 6.04 Å². The standard InChI is InChI=1S/C13H21NO2S/c1-11(2)9-10-12(3)14-17(15,16)13-7-5-4-6-8-13/h4-8,11-12,14H,9-10H2,1-3H3/t12-/m1/s1. The molecule has 1 rings (SSSR count). The first-order chi connectivity index (χ1) is 7.92. The molecule has 0 aliphatic rings. The highest BCUT2D eigenvalue weighted by atomic mass is 32.2. The first-order valence-electron chi connectivity index (χ1n) is 5.99. The summed E-state index contributed by atoms with van der Waals surface area (Å²) in [6.45, 7) is 6.18. The smallest absolute Gasteiger partial charge is 0.208 e. The Morgan fingerprint density at radius 2 is 1.65 bits per heavy atom. The van der Waals surface area contributed by atoms with Crippen LogP contribution in [0.15, 0.2) is 35.2 Å². The van der Waals surface area contributed by atoms with Gasteiger partial charge in [-0.15, -0.1) is 0 Å². The summed E-state index contributed by atoms with van der Waals surface area (Å²) in [5.41, 5.74) is 0. The van der Waals surface area contributed by atoms with Gasteiger partial charge in [-0.2, -0.15) is 0 Å². The van der Waals surface area contributed by atoms with Crippen LogP contribution in [0.2, 0.25) is 0 Å². The molecule has 4 heteroatoms. The third-order valence-corrected chi connectivity index (χ3v) is 4.19. The van der Waals surface area contributed by atoms with E-state index in [1.165, 1.54) is 0 Å². The lowest BCUT2D eigenvalue weighted by Crippen LogP contribution is -2.32. The lowest BCUT2D eigenvalue weighted by atomic mass is 10.1. The largest absolute Gasteiger partial charge is 0.240 e. The summed E-state index contributed by atoms with van der Waals surface area (Å²) in [4.78, 5) is 0.330. The maximum atomic E-state index is 12.0. The lowest BCUT2D eigenvalue weighted by molar-refractivity contribution is 0.485. The van der Waals surface area contributed by atoms with Crippen molar-refractivity contribution in [3.63, 3.8) is 0 Å². The molecule has 17 heavy (non-hydrogen) atoms. The maximum absolute atomic E-state index is 12.0. The highest BCUT2D eigenvalue weighted by molar-refractivity contribution is 7.89. The zero-order valence-electron chi connectivity index (χ0n) is 10.7. The Labute approximate surface area is 104 Å². The molecule has 96 valence electrons. The number of nitrogens with one attached hydrogen (secondary N) is 1. The molecule has 0 aromatic heterocycles. The van der Waals surface area contributed by atoms with Crippen LogP contribution in [0.3, 0.4) is 0 Å². The van der Waals surface area contributed by atoms with Crippen molar-refractivity contribution in [2.24, 2.45) is 5.92 Å². The quantitative estimate of drug-likeness (QED) is 0.849. The predicted molar refractivity (Wildman–Crippen MR) is 70.3 cm³/mol. The second-order valence-electron chi connectivity index (χ2n) is 4.81. The van der Waals surface area contributed by atoms with Gasteiger partial charge in [0.15, 0.2) is 0 Å². The highest BCUT2D eigenvalue weighted by Crippen LogP contribution is 2.11. The van der Waals surface area contributed by atoms with E-state index in [0.717, 1.165) is 12.8 Å². The van der Waals surface area contributed by atoms with E-state index in [1.54, 1.807) is 30.3 Å². The molecule has 0 heterocycles. The van der Waals surface area contributed by atoms with Gasteiger partial charge in [-0.25, -0.2) is 13.1 Å². The molecule has 0 spiro atoms. The van der Waals surface area contributed by atoms with Gasteiger partial charge in [0, 0.05) is 6.04 Å². The Balaban J connectivity index is 2.62. The summed E-state index contributed by atoms with van der Waals surface area (Å²) in [6, 6.07) is 8.46. The fraction of sp³-hybridized carbons (Fsp3) is 0.538. The van der Waals surface area contributed by atoms with Crippen molar-refractivity contribution in [3.05, 3.63) is 30.3 Å². The molecule has 0 radical (unpaired) electrons. The molecule has 1 N–H and O–H groups in total. The van der Waals surface area contributed by atoms with Crippen LogP contribution < -0.4 is 4.72 Å². The summed E-state index contributed by atoms with van der Waals surface area (Å²) in [6.07, 6.45) is 1.89. The van der Waals surface area contributed by atoms with E-state index in [0.29, 0.717) is 10.8 Å². The van der Waals surface area contributed by atoms with Crippen LogP contribution in [-0.4, -0.2) is 14.5 Å². The van der Waals surface area contributed by atoms with Crippen molar-refractivity contribution in [3.8, 4) is 0 Å². The zero-order valence-corrected chi connectivity index (χ0v) is 11.5. The Morgan fingerprint density at radius 3 is 2.18 bits per heavy atom. The number of benzene rings is 1. The van der Waals surface area contributed by atoms with Crippen molar-refractivity contribution >= 4 is 10.0 Å². The van der Waals surface area contributed by atoms with E-state index >= 15 is 0 Å². The highest BCUT2D eigenvalue weighted by Gasteiger charge is 2.16. The average molecular weight is 255 g/mol. The van der Waals surface area contributed by atoms with Crippen LogP contribution in [0.4, 0.5) is 0 Å². The second-order valence-corrected chi connectivity index (χ2v) is 6.52. The number of hydrogen-bond acceptors (Lipinski definition) is 2. The molecule has 0 amide bonds. The molecular formula is C13H21NO2S. The van der Waals surface area contributed by atoms with Crippen molar-refractivity contribution in [2.45, 2.75) is 44.6 Å². The van der Waals surface area contributed by atoms with Gasteiger partial charge in [-0.1, -0.05) is 32.0 Å². The van der Waals surface area contributed by atoms with Crippen molar-refractivity contribution < 1.29 is 8.42 Å². The van der Waals surface area contributed by atoms with Gasteiger partial charge >= 0.3 is 0 Å². The van der Waals surface area contributed by atoms with Crippen molar-refractivity contribution in [2.75, 3.05) is 0 Å². The molecule has 0 aliphatic heterocycles. The van der Waals surface area contributed by atoms with Gasteiger partial charge in [0.05, 0.1) is 4.90 Å². The van der Waals surface area contributed by atoms with Crippen LogP contribution in [-0.2, 0) is 10.0 Å². The first kappa shape index (κ1) is 14.2. The summed E-state index contributed by atoms with van der Waals surface area (Å²) >= 11 is 0. The monoisotopic (exact) mass is 255 g/mol. The molecule has 0 saturated carbocycles. The third-order valence-electron chi connectivity index (χ3n) is 2.59. The lowest BCUT2D eigenvalue weighted by Gasteiger charge is -2.15. The van der Waals surface area contributed by atoms with Crippen LogP contribution >= 0.6 is 0 Å². The van der Waals surface area contributed by atoms with Crippen molar-refractivity contribution in [1.29, 1.82) is 0 Å². The van der Waals surface area contributed by atoms with Gasteiger partial charge in [0.2, 0.25) is 10.0 Å². The number of sulfonamides is 1.